The maximum Gasteiger partial charge on any atom is 0.410 e. The number of carbonyl (C=O) groups is 1. The van der Waals surface area contributed by atoms with Crippen molar-refractivity contribution in [1.29, 1.82) is 0 Å². The van der Waals surface area contributed by atoms with Crippen molar-refractivity contribution >= 4 is 11.9 Å². The van der Waals surface area contributed by atoms with Crippen LogP contribution in [0.15, 0.2) is 6.33 Å². The minimum absolute atomic E-state index is 0.245. The molecule has 1 N–H and O–H groups in total. The molecule has 1 fully saturated rings. The number of amides is 1. The normalized spacial score (nSPS) is 24.0. The van der Waals surface area contributed by atoms with E-state index >= 15 is 0 Å². The van der Waals surface area contributed by atoms with Gasteiger partial charge in [-0.3, -0.25) is 0 Å². The molecule has 0 aromatic carbocycles. The Bertz CT molecular complexity index is 621. The highest BCUT2D eigenvalue weighted by molar-refractivity contribution is 5.68. The average Bonchev–Trinajstić information content (AvgIpc) is 2.81. The number of nitrogens with zero attached hydrogens (tertiary/aromatic N) is 4. The van der Waals surface area contributed by atoms with Gasteiger partial charge in [-0.05, 0) is 33.1 Å². The van der Waals surface area contributed by atoms with E-state index in [2.05, 4.69) is 21.8 Å². The summed E-state index contributed by atoms with van der Waals surface area (Å²) in [6.07, 6.45) is 1.45. The molecule has 1 amide bonds. The molecule has 1 aliphatic heterocycles. The Labute approximate surface area is 142 Å². The Balaban J connectivity index is 1.69. The Morgan fingerprint density at radius 3 is 2.54 bits per heavy atom. The molecule has 0 radical (unpaired) electrons. The van der Waals surface area contributed by atoms with Crippen LogP contribution >= 0.6 is 0 Å². The summed E-state index contributed by atoms with van der Waals surface area (Å²) in [4.78, 5) is 24.8. The van der Waals surface area contributed by atoms with E-state index in [0.717, 1.165) is 17.1 Å². The second kappa shape index (κ2) is 6.20. The van der Waals surface area contributed by atoms with Gasteiger partial charge in [-0.25, -0.2) is 14.8 Å². The summed E-state index contributed by atoms with van der Waals surface area (Å²) in [7, 11) is 0. The molecular weight excluding hydrogens is 308 g/mol. The van der Waals surface area contributed by atoms with Crippen LogP contribution in [0.4, 0.5) is 10.6 Å². The van der Waals surface area contributed by atoms with E-state index in [1.54, 1.807) is 4.90 Å². The van der Waals surface area contributed by atoms with Gasteiger partial charge in [0.25, 0.3) is 0 Å². The van der Waals surface area contributed by atoms with Gasteiger partial charge in [0.05, 0.1) is 11.8 Å². The lowest BCUT2D eigenvalue weighted by molar-refractivity contribution is 0.0240. The highest BCUT2D eigenvalue weighted by atomic mass is 16.6. The third-order valence-corrected chi connectivity index (χ3v) is 4.51. The highest BCUT2D eigenvalue weighted by Crippen LogP contribution is 2.42. The maximum absolute atomic E-state index is 12.2. The summed E-state index contributed by atoms with van der Waals surface area (Å²) < 4.78 is 5.43. The lowest BCUT2D eigenvalue weighted by Gasteiger charge is -2.37. The summed E-state index contributed by atoms with van der Waals surface area (Å²) >= 11 is 0. The molecule has 2 aliphatic rings. The van der Waals surface area contributed by atoms with Crippen LogP contribution in [0.5, 0.6) is 0 Å². The molecule has 1 aromatic rings. The standard InChI is InChI=1S/C17H26N4O3/c1-11-9-12(22)14-13(11)15(19-10-18-14)20-5-7-21(8-6-20)16(23)24-17(2,3)4/h10-12,22H,5-9H2,1-4H3/t11?,12-/m1/s1. The van der Waals surface area contributed by atoms with Gasteiger partial charge in [0.15, 0.2) is 0 Å². The topological polar surface area (TPSA) is 78.8 Å². The van der Waals surface area contributed by atoms with Crippen molar-refractivity contribution in [2.75, 3.05) is 31.1 Å². The predicted octanol–water partition coefficient (Wildman–Crippen LogP) is 2.07. The summed E-state index contributed by atoms with van der Waals surface area (Å²) in [5.74, 6) is 1.14. The van der Waals surface area contributed by atoms with Crippen LogP contribution in [-0.4, -0.2) is 57.8 Å². The Hall–Kier alpha value is -1.89. The third kappa shape index (κ3) is 3.31. The molecule has 0 bridgehead atoms. The zero-order valence-electron chi connectivity index (χ0n) is 14.8. The fourth-order valence-electron chi connectivity index (χ4n) is 3.38. The van der Waals surface area contributed by atoms with Gasteiger partial charge >= 0.3 is 6.09 Å². The largest absolute Gasteiger partial charge is 0.444 e. The molecule has 7 heteroatoms. The van der Waals surface area contributed by atoms with E-state index in [1.807, 2.05) is 20.8 Å². The quantitative estimate of drug-likeness (QED) is 0.847. The summed E-state index contributed by atoms with van der Waals surface area (Å²) in [6.45, 7) is 10.3. The van der Waals surface area contributed by atoms with Crippen LogP contribution in [0.25, 0.3) is 0 Å². The molecule has 1 saturated heterocycles. The summed E-state index contributed by atoms with van der Waals surface area (Å²) in [5.41, 5.74) is 1.32. The van der Waals surface area contributed by atoms with Gasteiger partial charge in [-0.2, -0.15) is 0 Å². The molecule has 132 valence electrons. The molecule has 7 nitrogen and oxygen atoms in total. The van der Waals surface area contributed by atoms with Gasteiger partial charge in [0.2, 0.25) is 0 Å². The van der Waals surface area contributed by atoms with Crippen molar-refractivity contribution in [3.05, 3.63) is 17.6 Å². The third-order valence-electron chi connectivity index (χ3n) is 4.51. The first-order valence-electron chi connectivity index (χ1n) is 8.52. The second-order valence-corrected chi connectivity index (χ2v) is 7.60. The number of anilines is 1. The molecule has 24 heavy (non-hydrogen) atoms. The molecular formula is C17H26N4O3. The lowest BCUT2D eigenvalue weighted by atomic mass is 10.1. The van der Waals surface area contributed by atoms with Crippen molar-refractivity contribution in [3.8, 4) is 0 Å². The fourth-order valence-corrected chi connectivity index (χ4v) is 3.38. The zero-order valence-corrected chi connectivity index (χ0v) is 14.8. The number of carbonyl (C=O) groups excluding carboxylic acids is 1. The van der Waals surface area contributed by atoms with Gasteiger partial charge in [0.1, 0.15) is 17.7 Å². The number of fused-ring (bicyclic) bond motifs is 1. The van der Waals surface area contributed by atoms with Gasteiger partial charge in [-0.15, -0.1) is 0 Å². The van der Waals surface area contributed by atoms with Gasteiger partial charge in [-0.1, -0.05) is 6.92 Å². The van der Waals surface area contributed by atoms with Crippen LogP contribution in [0.3, 0.4) is 0 Å². The smallest absolute Gasteiger partial charge is 0.410 e. The summed E-state index contributed by atoms with van der Waals surface area (Å²) in [5, 5.41) is 10.1. The van der Waals surface area contributed by atoms with Crippen molar-refractivity contribution < 1.29 is 14.6 Å². The van der Waals surface area contributed by atoms with Crippen LogP contribution in [0.2, 0.25) is 0 Å². The number of aromatic nitrogens is 2. The average molecular weight is 334 g/mol. The molecule has 1 aliphatic carbocycles. The molecule has 3 rings (SSSR count). The SMILES string of the molecule is CC1C[C@@H](O)c2ncnc(N3CCN(C(=O)OC(C)(C)C)CC3)c21. The molecule has 0 saturated carbocycles. The minimum atomic E-state index is -0.500. The monoisotopic (exact) mass is 334 g/mol. The van der Waals surface area contributed by atoms with Crippen LogP contribution < -0.4 is 4.90 Å². The molecule has 1 unspecified atom stereocenters. The van der Waals surface area contributed by atoms with Gasteiger partial charge < -0.3 is 19.6 Å². The number of hydrogen-bond donors (Lipinski definition) is 1. The first-order valence-corrected chi connectivity index (χ1v) is 8.52. The zero-order chi connectivity index (χ0) is 17.5. The number of piperazine rings is 1. The second-order valence-electron chi connectivity index (χ2n) is 7.60. The first-order chi connectivity index (χ1) is 11.3. The Morgan fingerprint density at radius 2 is 1.92 bits per heavy atom. The summed E-state index contributed by atoms with van der Waals surface area (Å²) in [6, 6.07) is 0. The van der Waals surface area contributed by atoms with E-state index < -0.39 is 11.7 Å². The van der Waals surface area contributed by atoms with Crippen molar-refractivity contribution in [2.24, 2.45) is 0 Å². The maximum atomic E-state index is 12.2. The fraction of sp³-hybridized carbons (Fsp3) is 0.706. The number of aliphatic hydroxyl groups excluding tert-OH is 1. The molecule has 1 aromatic heterocycles. The van der Waals surface area contributed by atoms with Crippen molar-refractivity contribution in [2.45, 2.75) is 51.7 Å². The van der Waals surface area contributed by atoms with Crippen molar-refractivity contribution in [3.63, 3.8) is 0 Å². The molecule has 2 atom stereocenters. The van der Waals surface area contributed by atoms with E-state index in [9.17, 15) is 9.90 Å². The van der Waals surface area contributed by atoms with Gasteiger partial charge in [0, 0.05) is 31.7 Å². The molecule has 2 heterocycles. The number of aliphatic hydroxyl groups is 1. The number of hydrogen-bond acceptors (Lipinski definition) is 6. The van der Waals surface area contributed by atoms with E-state index in [-0.39, 0.29) is 12.0 Å². The molecule has 0 spiro atoms. The minimum Gasteiger partial charge on any atom is -0.444 e. The van der Waals surface area contributed by atoms with E-state index in [0.29, 0.717) is 32.6 Å². The Morgan fingerprint density at radius 1 is 1.25 bits per heavy atom. The number of ether oxygens (including phenoxy) is 1. The Kier molecular flexibility index (Phi) is 4.38. The van der Waals surface area contributed by atoms with Crippen molar-refractivity contribution in [1.82, 2.24) is 14.9 Å². The number of rotatable bonds is 1. The van der Waals surface area contributed by atoms with Crippen LogP contribution in [0.1, 0.15) is 57.4 Å². The first kappa shape index (κ1) is 17.0. The van der Waals surface area contributed by atoms with E-state index in [1.165, 1.54) is 6.33 Å². The highest BCUT2D eigenvalue weighted by Gasteiger charge is 2.34. The van der Waals surface area contributed by atoms with E-state index in [4.69, 9.17) is 4.74 Å². The van der Waals surface area contributed by atoms with Crippen LogP contribution in [0, 0.1) is 0 Å². The van der Waals surface area contributed by atoms with Crippen LogP contribution in [-0.2, 0) is 4.74 Å². The lowest BCUT2D eigenvalue weighted by Crippen LogP contribution is -2.50. The predicted molar refractivity (Wildman–Crippen MR) is 90.0 cm³/mol.